The van der Waals surface area contributed by atoms with E-state index in [9.17, 15) is 9.59 Å². The van der Waals surface area contributed by atoms with Gasteiger partial charge in [-0.3, -0.25) is 4.79 Å². The van der Waals surface area contributed by atoms with Crippen LogP contribution in [0.2, 0.25) is 0 Å². The molecule has 1 rings (SSSR count). The minimum absolute atomic E-state index is 0.194. The van der Waals surface area contributed by atoms with Gasteiger partial charge in [0.25, 0.3) is 0 Å². The van der Waals surface area contributed by atoms with Gasteiger partial charge >= 0.3 is 6.09 Å². The van der Waals surface area contributed by atoms with Crippen LogP contribution in [0.25, 0.3) is 0 Å². The first-order valence-corrected chi connectivity index (χ1v) is 4.35. The van der Waals surface area contributed by atoms with Gasteiger partial charge in [-0.1, -0.05) is 0 Å². The molecule has 2 amide bonds. The van der Waals surface area contributed by atoms with Crippen molar-refractivity contribution >= 4 is 35.2 Å². The Labute approximate surface area is 80.0 Å². The number of rotatable bonds is 0. The second kappa shape index (κ2) is 6.08. The van der Waals surface area contributed by atoms with Crippen molar-refractivity contribution < 1.29 is 14.7 Å². The van der Waals surface area contributed by atoms with Gasteiger partial charge < -0.3 is 5.11 Å². The third-order valence-electron chi connectivity index (χ3n) is 1.30. The lowest BCUT2D eigenvalue weighted by molar-refractivity contribution is -0.125. The summed E-state index contributed by atoms with van der Waals surface area (Å²) in [5.41, 5.74) is 0. The summed E-state index contributed by atoms with van der Waals surface area (Å²) < 4.78 is 0. The van der Waals surface area contributed by atoms with Crippen molar-refractivity contribution in [2.45, 2.75) is 12.8 Å². The maximum Gasteiger partial charge on any atom is 0.414 e. The van der Waals surface area contributed by atoms with Crippen molar-refractivity contribution in [3.8, 4) is 0 Å². The second-order valence-electron chi connectivity index (χ2n) is 2.03. The molecule has 4 nitrogen and oxygen atoms in total. The Morgan fingerprint density at radius 1 is 1.58 bits per heavy atom. The molecule has 0 radical (unpaired) electrons. The van der Waals surface area contributed by atoms with E-state index in [1.165, 1.54) is 0 Å². The van der Waals surface area contributed by atoms with E-state index in [1.807, 2.05) is 0 Å². The second-order valence-corrected chi connectivity index (χ2v) is 2.84. The molecule has 0 spiro atoms. The molecule has 0 unspecified atom stereocenters. The fraction of sp³-hybridized carbons (Fsp3) is 0.667. The number of likely N-dealkylation sites (tertiary alicyclic amines) is 1. The summed E-state index contributed by atoms with van der Waals surface area (Å²) in [7, 11) is 0. The molecule has 0 saturated carbocycles. The summed E-state index contributed by atoms with van der Waals surface area (Å²) in [4.78, 5) is 21.5. The normalized spacial score (nSPS) is 15.5. The van der Waals surface area contributed by atoms with E-state index >= 15 is 0 Å². The highest BCUT2D eigenvalue weighted by Gasteiger charge is 2.25. The molecule has 1 fully saturated rings. The lowest BCUT2D eigenvalue weighted by Gasteiger charge is -2.05. The van der Waals surface area contributed by atoms with Gasteiger partial charge in [0.05, 0.1) is 5.34 Å². The molecular formula is C6H9Cl2NO3. The van der Waals surface area contributed by atoms with E-state index in [-0.39, 0.29) is 11.2 Å². The van der Waals surface area contributed by atoms with Crippen LogP contribution >= 0.6 is 23.2 Å². The Morgan fingerprint density at radius 2 is 2.08 bits per heavy atom. The van der Waals surface area contributed by atoms with Crippen LogP contribution in [0.1, 0.15) is 12.8 Å². The molecule has 12 heavy (non-hydrogen) atoms. The topological polar surface area (TPSA) is 57.6 Å². The molecule has 1 saturated heterocycles. The van der Waals surface area contributed by atoms with E-state index in [4.69, 9.17) is 28.3 Å². The van der Waals surface area contributed by atoms with Gasteiger partial charge in [0, 0.05) is 13.0 Å². The Bertz CT molecular complexity index is 174. The number of carbonyl (C=O) groups is 2. The van der Waals surface area contributed by atoms with Crippen LogP contribution < -0.4 is 0 Å². The summed E-state index contributed by atoms with van der Waals surface area (Å²) >= 11 is 9.53. The van der Waals surface area contributed by atoms with E-state index in [0.29, 0.717) is 19.4 Å². The maximum absolute atomic E-state index is 10.6. The Hall–Kier alpha value is -0.480. The summed E-state index contributed by atoms with van der Waals surface area (Å²) in [5, 5.41) is 8.48. The summed E-state index contributed by atoms with van der Waals surface area (Å²) in [6.45, 7) is 0.369. The van der Waals surface area contributed by atoms with Gasteiger partial charge in [0.2, 0.25) is 5.91 Å². The van der Waals surface area contributed by atoms with Crippen molar-refractivity contribution in [1.29, 1.82) is 0 Å². The quantitative estimate of drug-likeness (QED) is 0.624. The Balaban J connectivity index is 0.000000354. The Morgan fingerprint density at radius 3 is 2.25 bits per heavy atom. The van der Waals surface area contributed by atoms with Crippen LogP contribution in [0, 0.1) is 0 Å². The third kappa shape index (κ3) is 3.78. The molecule has 0 aromatic rings. The van der Waals surface area contributed by atoms with Crippen LogP contribution in [0.3, 0.4) is 0 Å². The predicted molar refractivity (Wildman–Crippen MR) is 45.5 cm³/mol. The number of halogens is 2. The van der Waals surface area contributed by atoms with Gasteiger partial charge in [0.1, 0.15) is 0 Å². The number of carboxylic acid groups (broad SMARTS) is 1. The predicted octanol–water partition coefficient (Wildman–Crippen LogP) is 1.71. The van der Waals surface area contributed by atoms with Gasteiger partial charge in [-0.15, -0.1) is 23.2 Å². The zero-order chi connectivity index (χ0) is 9.56. The van der Waals surface area contributed by atoms with E-state index < -0.39 is 6.09 Å². The van der Waals surface area contributed by atoms with Gasteiger partial charge in [-0.2, -0.15) is 0 Å². The SMILES string of the molecule is ClCCl.O=C(O)N1CCCC1=O. The number of nitrogens with zero attached hydrogens (tertiary/aromatic N) is 1. The minimum atomic E-state index is -1.13. The number of hydrogen-bond acceptors (Lipinski definition) is 2. The number of alkyl halides is 2. The van der Waals surface area contributed by atoms with Crippen LogP contribution in [0.5, 0.6) is 0 Å². The molecule has 0 aromatic heterocycles. The number of imide groups is 1. The smallest absolute Gasteiger partial charge is 0.414 e. The first-order valence-electron chi connectivity index (χ1n) is 3.28. The first kappa shape index (κ1) is 11.5. The molecule has 0 aromatic carbocycles. The molecule has 1 aliphatic rings. The van der Waals surface area contributed by atoms with Crippen molar-refractivity contribution in [3.63, 3.8) is 0 Å². The molecular weight excluding hydrogens is 205 g/mol. The van der Waals surface area contributed by atoms with E-state index in [0.717, 1.165) is 4.90 Å². The van der Waals surface area contributed by atoms with Crippen molar-refractivity contribution in [1.82, 2.24) is 4.90 Å². The van der Waals surface area contributed by atoms with Gasteiger partial charge in [-0.05, 0) is 6.42 Å². The van der Waals surface area contributed by atoms with Gasteiger partial charge in [-0.25, -0.2) is 9.69 Å². The molecule has 0 bridgehead atoms. The molecule has 0 atom stereocenters. The fourth-order valence-corrected chi connectivity index (χ4v) is 0.850. The Kier molecular flexibility index (Phi) is 5.84. The summed E-state index contributed by atoms with van der Waals surface area (Å²) in [5.74, 6) is -0.275. The zero-order valence-corrected chi connectivity index (χ0v) is 7.81. The average molecular weight is 214 g/mol. The zero-order valence-electron chi connectivity index (χ0n) is 6.30. The molecule has 0 aliphatic carbocycles. The van der Waals surface area contributed by atoms with Crippen LogP contribution in [0.15, 0.2) is 0 Å². The van der Waals surface area contributed by atoms with Crippen LogP contribution in [-0.4, -0.2) is 33.9 Å². The highest BCUT2D eigenvalue weighted by molar-refractivity contribution is 6.40. The third-order valence-corrected chi connectivity index (χ3v) is 1.30. The van der Waals surface area contributed by atoms with Crippen molar-refractivity contribution in [3.05, 3.63) is 0 Å². The summed E-state index contributed by atoms with van der Waals surface area (Å²) in [6.07, 6.45) is -0.0743. The standard InChI is InChI=1S/C5H7NO3.CH2Cl2/c7-4-2-1-3-6(4)5(8)9;2-1-3/h1-3H2,(H,8,9);1H2. The van der Waals surface area contributed by atoms with Crippen LogP contribution in [0.4, 0.5) is 4.79 Å². The maximum atomic E-state index is 10.6. The first-order chi connectivity index (χ1) is 5.63. The largest absolute Gasteiger partial charge is 0.465 e. The molecule has 6 heteroatoms. The highest BCUT2D eigenvalue weighted by atomic mass is 35.5. The highest BCUT2D eigenvalue weighted by Crippen LogP contribution is 2.08. The van der Waals surface area contributed by atoms with E-state index in [1.54, 1.807) is 0 Å². The summed E-state index contributed by atoms with van der Waals surface area (Å²) in [6, 6.07) is 0. The lowest BCUT2D eigenvalue weighted by atomic mass is 10.4. The number of carbonyl (C=O) groups excluding carboxylic acids is 1. The van der Waals surface area contributed by atoms with Crippen molar-refractivity contribution in [2.24, 2.45) is 0 Å². The molecule has 1 heterocycles. The number of amides is 2. The fourth-order valence-electron chi connectivity index (χ4n) is 0.850. The monoisotopic (exact) mass is 213 g/mol. The number of hydrogen-bond donors (Lipinski definition) is 1. The minimum Gasteiger partial charge on any atom is -0.465 e. The van der Waals surface area contributed by atoms with Crippen LogP contribution in [-0.2, 0) is 4.79 Å². The van der Waals surface area contributed by atoms with E-state index in [2.05, 4.69) is 0 Å². The molecule has 1 aliphatic heterocycles. The van der Waals surface area contributed by atoms with Crippen molar-refractivity contribution in [2.75, 3.05) is 11.9 Å². The van der Waals surface area contributed by atoms with Gasteiger partial charge in [0.15, 0.2) is 0 Å². The lowest BCUT2D eigenvalue weighted by Crippen LogP contribution is -2.29. The molecule has 70 valence electrons. The molecule has 1 N–H and O–H groups in total. The average Bonchev–Trinajstić information content (AvgIpc) is 2.36.